The van der Waals surface area contributed by atoms with Gasteiger partial charge in [-0.2, -0.15) is 0 Å². The molecule has 5 nitrogen and oxygen atoms in total. The Hall–Kier alpha value is -1.36. The van der Waals surface area contributed by atoms with Crippen LogP contribution in [0.3, 0.4) is 0 Å². The fourth-order valence-electron chi connectivity index (χ4n) is 2.05. The van der Waals surface area contributed by atoms with Crippen LogP contribution >= 0.6 is 0 Å². The van der Waals surface area contributed by atoms with E-state index in [-0.39, 0.29) is 11.7 Å². The standard InChI is InChI=1S/C11H17N3O2/c1-2-13-7-5-12-10(11(13)16)14-6-3-4-9(15)8-14/h5,7,9,15H,2-4,6,8H2,1H3/t9-/m0/s1. The Balaban J connectivity index is 2.29. The Bertz CT molecular complexity index is 416. The van der Waals surface area contributed by atoms with Crippen LogP contribution in [0.1, 0.15) is 19.8 Å². The largest absolute Gasteiger partial charge is 0.391 e. The summed E-state index contributed by atoms with van der Waals surface area (Å²) >= 11 is 0. The fourth-order valence-corrected chi connectivity index (χ4v) is 2.05. The van der Waals surface area contributed by atoms with Crippen LogP contribution < -0.4 is 10.5 Å². The van der Waals surface area contributed by atoms with Gasteiger partial charge in [-0.25, -0.2) is 4.98 Å². The minimum absolute atomic E-state index is 0.0703. The summed E-state index contributed by atoms with van der Waals surface area (Å²) in [5.41, 5.74) is -0.0703. The van der Waals surface area contributed by atoms with E-state index in [1.165, 1.54) is 0 Å². The molecule has 0 aliphatic carbocycles. The summed E-state index contributed by atoms with van der Waals surface area (Å²) in [6, 6.07) is 0. The highest BCUT2D eigenvalue weighted by molar-refractivity contribution is 5.36. The molecule has 88 valence electrons. The van der Waals surface area contributed by atoms with Crippen molar-refractivity contribution in [3.63, 3.8) is 0 Å². The number of hydrogen-bond donors (Lipinski definition) is 1. The molecule has 1 fully saturated rings. The Labute approximate surface area is 94.3 Å². The van der Waals surface area contributed by atoms with Crippen molar-refractivity contribution in [3.05, 3.63) is 22.7 Å². The third-order valence-electron chi connectivity index (χ3n) is 2.93. The average Bonchev–Trinajstić information content (AvgIpc) is 2.29. The van der Waals surface area contributed by atoms with Crippen molar-refractivity contribution in [2.24, 2.45) is 0 Å². The lowest BCUT2D eigenvalue weighted by atomic mass is 10.1. The van der Waals surface area contributed by atoms with Gasteiger partial charge in [-0.1, -0.05) is 0 Å². The molecule has 0 radical (unpaired) electrons. The molecule has 1 saturated heterocycles. The van der Waals surface area contributed by atoms with Gasteiger partial charge in [-0.15, -0.1) is 0 Å². The second-order valence-electron chi connectivity index (χ2n) is 4.08. The van der Waals surface area contributed by atoms with Gasteiger partial charge >= 0.3 is 0 Å². The van der Waals surface area contributed by atoms with Crippen LogP contribution in [0.5, 0.6) is 0 Å². The summed E-state index contributed by atoms with van der Waals surface area (Å²) in [7, 11) is 0. The van der Waals surface area contributed by atoms with Crippen molar-refractivity contribution in [1.82, 2.24) is 9.55 Å². The zero-order valence-corrected chi connectivity index (χ0v) is 9.46. The zero-order chi connectivity index (χ0) is 11.5. The SMILES string of the molecule is CCn1ccnc(N2CCC[C@H](O)C2)c1=O. The molecule has 1 N–H and O–H groups in total. The maximum absolute atomic E-state index is 12.0. The lowest BCUT2D eigenvalue weighted by molar-refractivity contribution is 0.153. The van der Waals surface area contributed by atoms with Crippen molar-refractivity contribution in [1.29, 1.82) is 0 Å². The maximum atomic E-state index is 12.0. The van der Waals surface area contributed by atoms with Crippen molar-refractivity contribution in [2.45, 2.75) is 32.4 Å². The van der Waals surface area contributed by atoms with Crippen molar-refractivity contribution < 1.29 is 5.11 Å². The molecule has 16 heavy (non-hydrogen) atoms. The van der Waals surface area contributed by atoms with Gasteiger partial charge in [0.05, 0.1) is 6.10 Å². The number of piperidine rings is 1. The lowest BCUT2D eigenvalue weighted by Crippen LogP contribution is -2.42. The first-order chi connectivity index (χ1) is 7.72. The minimum Gasteiger partial charge on any atom is -0.391 e. The third-order valence-corrected chi connectivity index (χ3v) is 2.93. The van der Waals surface area contributed by atoms with Crippen molar-refractivity contribution in [2.75, 3.05) is 18.0 Å². The molecule has 0 aromatic carbocycles. The van der Waals surface area contributed by atoms with Crippen LogP contribution in [0, 0.1) is 0 Å². The fraction of sp³-hybridized carbons (Fsp3) is 0.636. The first-order valence-corrected chi connectivity index (χ1v) is 5.71. The molecule has 1 aromatic rings. The van der Waals surface area contributed by atoms with Crippen molar-refractivity contribution >= 4 is 5.82 Å². The summed E-state index contributed by atoms with van der Waals surface area (Å²) in [4.78, 5) is 18.0. The number of aliphatic hydroxyl groups excluding tert-OH is 1. The van der Waals surface area contributed by atoms with E-state index in [2.05, 4.69) is 4.98 Å². The molecule has 1 atom stereocenters. The molecule has 0 amide bonds. The van der Waals surface area contributed by atoms with Gasteiger partial charge in [-0.3, -0.25) is 4.79 Å². The molecule has 2 heterocycles. The molecule has 1 aliphatic rings. The van der Waals surface area contributed by atoms with Crippen LogP contribution in [-0.2, 0) is 6.54 Å². The second kappa shape index (κ2) is 4.65. The quantitative estimate of drug-likeness (QED) is 0.779. The number of aromatic nitrogens is 2. The van der Waals surface area contributed by atoms with Gasteiger partial charge < -0.3 is 14.6 Å². The summed E-state index contributed by atoms with van der Waals surface area (Å²) in [5, 5.41) is 9.58. The first-order valence-electron chi connectivity index (χ1n) is 5.71. The molecule has 2 rings (SSSR count). The number of aliphatic hydroxyl groups is 1. The minimum atomic E-state index is -0.342. The summed E-state index contributed by atoms with van der Waals surface area (Å²) in [6.45, 7) is 3.88. The van der Waals surface area contributed by atoms with E-state index in [0.29, 0.717) is 18.9 Å². The average molecular weight is 223 g/mol. The highest BCUT2D eigenvalue weighted by Gasteiger charge is 2.21. The highest BCUT2D eigenvalue weighted by Crippen LogP contribution is 2.14. The third kappa shape index (κ3) is 2.09. The van der Waals surface area contributed by atoms with Gasteiger partial charge in [0.15, 0.2) is 5.82 Å². The van der Waals surface area contributed by atoms with Crippen molar-refractivity contribution in [3.8, 4) is 0 Å². The predicted molar refractivity (Wildman–Crippen MR) is 61.6 cm³/mol. The molecule has 1 aliphatic heterocycles. The highest BCUT2D eigenvalue weighted by atomic mass is 16.3. The second-order valence-corrected chi connectivity index (χ2v) is 4.08. The van der Waals surface area contributed by atoms with Crippen LogP contribution in [-0.4, -0.2) is 33.9 Å². The molecule has 0 spiro atoms. The van der Waals surface area contributed by atoms with Gasteiger partial charge in [0, 0.05) is 32.0 Å². The Kier molecular flexibility index (Phi) is 3.24. The molecule has 5 heteroatoms. The molecule has 1 aromatic heterocycles. The van der Waals surface area contributed by atoms with Crippen LogP contribution in [0.15, 0.2) is 17.2 Å². The van der Waals surface area contributed by atoms with Gasteiger partial charge in [-0.05, 0) is 19.8 Å². The number of β-amino-alcohol motifs (C(OH)–C–C–N with tert-alkyl or cyclic N) is 1. The van der Waals surface area contributed by atoms with E-state index in [1.54, 1.807) is 17.0 Å². The van der Waals surface area contributed by atoms with E-state index >= 15 is 0 Å². The van der Waals surface area contributed by atoms with Crippen LogP contribution in [0.2, 0.25) is 0 Å². The molecule has 0 bridgehead atoms. The van der Waals surface area contributed by atoms with E-state index in [9.17, 15) is 9.90 Å². The summed E-state index contributed by atoms with van der Waals surface area (Å²) in [6.07, 6.45) is 4.70. The topological polar surface area (TPSA) is 58.4 Å². The number of nitrogens with zero attached hydrogens (tertiary/aromatic N) is 3. The zero-order valence-electron chi connectivity index (χ0n) is 9.46. The molecule has 0 saturated carbocycles. The number of rotatable bonds is 2. The van der Waals surface area contributed by atoms with E-state index in [0.717, 1.165) is 19.4 Å². The number of anilines is 1. The van der Waals surface area contributed by atoms with Gasteiger partial charge in [0.2, 0.25) is 0 Å². The van der Waals surface area contributed by atoms with Gasteiger partial charge in [0.25, 0.3) is 5.56 Å². The number of hydrogen-bond acceptors (Lipinski definition) is 4. The Morgan fingerprint density at radius 3 is 3.12 bits per heavy atom. The smallest absolute Gasteiger partial charge is 0.293 e. The van der Waals surface area contributed by atoms with Crippen LogP contribution in [0.4, 0.5) is 5.82 Å². The lowest BCUT2D eigenvalue weighted by Gasteiger charge is -2.30. The van der Waals surface area contributed by atoms with E-state index in [1.807, 2.05) is 11.8 Å². The normalized spacial score (nSPS) is 21.1. The summed E-state index contributed by atoms with van der Waals surface area (Å²) in [5.74, 6) is 0.461. The number of aryl methyl sites for hydroxylation is 1. The Morgan fingerprint density at radius 1 is 1.62 bits per heavy atom. The Morgan fingerprint density at radius 2 is 2.44 bits per heavy atom. The maximum Gasteiger partial charge on any atom is 0.293 e. The van der Waals surface area contributed by atoms with Crippen LogP contribution in [0.25, 0.3) is 0 Å². The monoisotopic (exact) mass is 223 g/mol. The predicted octanol–water partition coefficient (Wildman–Crippen LogP) is 0.224. The molecular formula is C11H17N3O2. The molecule has 0 unspecified atom stereocenters. The molecular weight excluding hydrogens is 206 g/mol. The van der Waals surface area contributed by atoms with E-state index < -0.39 is 0 Å². The van der Waals surface area contributed by atoms with E-state index in [4.69, 9.17) is 0 Å². The van der Waals surface area contributed by atoms with Gasteiger partial charge in [0.1, 0.15) is 0 Å². The first kappa shape index (κ1) is 11.1. The summed E-state index contributed by atoms with van der Waals surface area (Å²) < 4.78 is 1.63.